The smallest absolute Gasteiger partial charge is 0.240 e. The van der Waals surface area contributed by atoms with Crippen LogP contribution in [0.25, 0.3) is 0 Å². The molecule has 118 valence electrons. The number of halogens is 1. The van der Waals surface area contributed by atoms with Crippen molar-refractivity contribution in [1.29, 1.82) is 0 Å². The number of aliphatic hydroxyl groups is 1. The Kier molecular flexibility index (Phi) is 4.95. The molecule has 2 N–H and O–H groups in total. The highest BCUT2D eigenvalue weighted by Crippen LogP contribution is 2.34. The number of methoxy groups -OCH3 is 1. The number of aliphatic hydroxyl groups excluding tert-OH is 1. The van der Waals surface area contributed by atoms with E-state index in [4.69, 9.17) is 16.3 Å². The van der Waals surface area contributed by atoms with Gasteiger partial charge < -0.3 is 9.84 Å². The second-order valence-electron chi connectivity index (χ2n) is 5.41. The highest BCUT2D eigenvalue weighted by molar-refractivity contribution is 7.89. The standard InChI is InChI=1S/C14H20ClNO4S/c1-10-11(8-17)6-12(15)7-13(10)21(18,19)16-9-14(20-2)4-3-5-14/h6-7,16-17H,3-5,8-9H2,1-2H3. The lowest BCUT2D eigenvalue weighted by atomic mass is 9.80. The number of benzene rings is 1. The first-order valence-corrected chi connectivity index (χ1v) is 8.64. The number of ether oxygens (including phenoxy) is 1. The molecule has 7 heteroatoms. The lowest BCUT2D eigenvalue weighted by Gasteiger charge is -2.40. The minimum Gasteiger partial charge on any atom is -0.392 e. The summed E-state index contributed by atoms with van der Waals surface area (Å²) in [7, 11) is -2.09. The van der Waals surface area contributed by atoms with Crippen molar-refractivity contribution in [1.82, 2.24) is 4.72 Å². The Morgan fingerprint density at radius 1 is 1.43 bits per heavy atom. The maximum Gasteiger partial charge on any atom is 0.240 e. The quantitative estimate of drug-likeness (QED) is 0.834. The molecule has 2 rings (SSSR count). The van der Waals surface area contributed by atoms with Gasteiger partial charge in [0.25, 0.3) is 0 Å². The lowest BCUT2D eigenvalue weighted by Crippen LogP contribution is -2.49. The Bertz CT molecular complexity index is 621. The summed E-state index contributed by atoms with van der Waals surface area (Å²) in [5.41, 5.74) is 0.627. The molecule has 1 aromatic rings. The fourth-order valence-corrected chi connectivity index (χ4v) is 4.21. The number of rotatable bonds is 6. The maximum atomic E-state index is 12.5. The summed E-state index contributed by atoms with van der Waals surface area (Å²) < 4.78 is 32.9. The molecule has 1 fully saturated rings. The summed E-state index contributed by atoms with van der Waals surface area (Å²) in [5, 5.41) is 9.57. The molecule has 0 saturated heterocycles. The minimum atomic E-state index is -3.69. The van der Waals surface area contributed by atoms with Gasteiger partial charge in [0.2, 0.25) is 10.0 Å². The Morgan fingerprint density at radius 2 is 2.10 bits per heavy atom. The Hall–Kier alpha value is -0.660. The van der Waals surface area contributed by atoms with Gasteiger partial charge in [-0.15, -0.1) is 0 Å². The Balaban J connectivity index is 2.25. The molecule has 1 aromatic carbocycles. The highest BCUT2D eigenvalue weighted by atomic mass is 35.5. The fourth-order valence-electron chi connectivity index (χ4n) is 2.48. The topological polar surface area (TPSA) is 75.6 Å². The summed E-state index contributed by atoms with van der Waals surface area (Å²) in [4.78, 5) is 0.102. The molecule has 0 amide bonds. The summed E-state index contributed by atoms with van der Waals surface area (Å²) in [6, 6.07) is 2.97. The summed E-state index contributed by atoms with van der Waals surface area (Å²) in [5.74, 6) is 0. The van der Waals surface area contributed by atoms with Crippen molar-refractivity contribution in [2.24, 2.45) is 0 Å². The lowest BCUT2D eigenvalue weighted by molar-refractivity contribution is -0.0659. The molecular formula is C14H20ClNO4S. The molecule has 0 spiro atoms. The predicted octanol–water partition coefficient (Wildman–Crippen LogP) is 1.99. The second kappa shape index (κ2) is 6.22. The Labute approximate surface area is 130 Å². The van der Waals surface area contributed by atoms with Crippen molar-refractivity contribution in [3.63, 3.8) is 0 Å². The fraction of sp³-hybridized carbons (Fsp3) is 0.571. The SMILES string of the molecule is COC1(CNS(=O)(=O)c2cc(Cl)cc(CO)c2C)CCC1. The van der Waals surface area contributed by atoms with E-state index in [0.29, 0.717) is 11.1 Å². The normalized spacial score (nSPS) is 17.5. The van der Waals surface area contributed by atoms with Crippen LogP contribution in [0.15, 0.2) is 17.0 Å². The van der Waals surface area contributed by atoms with Crippen LogP contribution in [-0.4, -0.2) is 32.8 Å². The van der Waals surface area contributed by atoms with Gasteiger partial charge in [-0.25, -0.2) is 13.1 Å². The number of sulfonamides is 1. The zero-order valence-corrected chi connectivity index (χ0v) is 13.7. The third-order valence-electron chi connectivity index (χ3n) is 4.17. The maximum absolute atomic E-state index is 12.5. The monoisotopic (exact) mass is 333 g/mol. The van der Waals surface area contributed by atoms with Crippen molar-refractivity contribution in [2.45, 2.75) is 43.3 Å². The van der Waals surface area contributed by atoms with Crippen molar-refractivity contribution in [3.8, 4) is 0 Å². The van der Waals surface area contributed by atoms with Crippen molar-refractivity contribution in [2.75, 3.05) is 13.7 Å². The predicted molar refractivity (Wildman–Crippen MR) is 80.9 cm³/mol. The van der Waals surface area contributed by atoms with Gasteiger partial charge >= 0.3 is 0 Å². The first-order valence-electron chi connectivity index (χ1n) is 6.78. The van der Waals surface area contributed by atoms with Crippen LogP contribution < -0.4 is 4.72 Å². The van der Waals surface area contributed by atoms with E-state index in [-0.39, 0.29) is 28.7 Å². The number of hydrogen-bond acceptors (Lipinski definition) is 4. The highest BCUT2D eigenvalue weighted by Gasteiger charge is 2.38. The molecule has 1 aliphatic carbocycles. The average molecular weight is 334 g/mol. The van der Waals surface area contributed by atoms with Crippen LogP contribution in [0, 0.1) is 6.92 Å². The molecule has 0 radical (unpaired) electrons. The molecule has 0 heterocycles. The molecule has 0 atom stereocenters. The molecule has 1 aliphatic rings. The molecular weight excluding hydrogens is 314 g/mol. The average Bonchev–Trinajstić information content (AvgIpc) is 2.40. The van der Waals surface area contributed by atoms with Crippen molar-refractivity contribution >= 4 is 21.6 Å². The summed E-state index contributed by atoms with van der Waals surface area (Å²) in [6.45, 7) is 1.65. The Morgan fingerprint density at radius 3 is 2.57 bits per heavy atom. The third-order valence-corrected chi connectivity index (χ3v) is 5.92. The van der Waals surface area contributed by atoms with Gasteiger partial charge in [0.15, 0.2) is 0 Å². The minimum absolute atomic E-state index is 0.102. The molecule has 0 bridgehead atoms. The van der Waals surface area contributed by atoms with Crippen LogP contribution in [-0.2, 0) is 21.4 Å². The van der Waals surface area contributed by atoms with E-state index >= 15 is 0 Å². The van der Waals surface area contributed by atoms with E-state index < -0.39 is 10.0 Å². The number of hydrogen-bond donors (Lipinski definition) is 2. The molecule has 0 unspecified atom stereocenters. The van der Waals surface area contributed by atoms with Crippen molar-refractivity contribution < 1.29 is 18.3 Å². The molecule has 0 aliphatic heterocycles. The van der Waals surface area contributed by atoms with Gasteiger partial charge in [0.1, 0.15) is 0 Å². The van der Waals surface area contributed by atoms with Gasteiger partial charge in [-0.05, 0) is 49.4 Å². The van der Waals surface area contributed by atoms with Crippen molar-refractivity contribution in [3.05, 3.63) is 28.3 Å². The summed E-state index contributed by atoms with van der Waals surface area (Å²) >= 11 is 5.93. The summed E-state index contributed by atoms with van der Waals surface area (Å²) in [6.07, 6.45) is 2.74. The van der Waals surface area contributed by atoms with Crippen LogP contribution in [0.5, 0.6) is 0 Å². The molecule has 1 saturated carbocycles. The largest absolute Gasteiger partial charge is 0.392 e. The van der Waals surface area contributed by atoms with E-state index in [1.807, 2.05) is 0 Å². The van der Waals surface area contributed by atoms with Gasteiger partial charge in [0, 0.05) is 18.7 Å². The van der Waals surface area contributed by atoms with Crippen LogP contribution >= 0.6 is 11.6 Å². The van der Waals surface area contributed by atoms with Gasteiger partial charge in [-0.3, -0.25) is 0 Å². The van der Waals surface area contributed by atoms with E-state index in [0.717, 1.165) is 19.3 Å². The van der Waals surface area contributed by atoms with E-state index in [9.17, 15) is 13.5 Å². The first-order chi connectivity index (χ1) is 9.83. The molecule has 5 nitrogen and oxygen atoms in total. The van der Waals surface area contributed by atoms with E-state index in [1.165, 1.54) is 6.07 Å². The van der Waals surface area contributed by atoms with E-state index in [1.54, 1.807) is 20.1 Å². The first kappa shape index (κ1) is 16.7. The van der Waals surface area contributed by atoms with Gasteiger partial charge in [-0.2, -0.15) is 0 Å². The van der Waals surface area contributed by atoms with Gasteiger partial charge in [-0.1, -0.05) is 11.6 Å². The van der Waals surface area contributed by atoms with Crippen LogP contribution in [0.2, 0.25) is 5.02 Å². The van der Waals surface area contributed by atoms with E-state index in [2.05, 4.69) is 4.72 Å². The number of nitrogens with one attached hydrogen (secondary N) is 1. The molecule has 21 heavy (non-hydrogen) atoms. The zero-order valence-electron chi connectivity index (χ0n) is 12.1. The van der Waals surface area contributed by atoms with Gasteiger partial charge in [0.05, 0.1) is 17.1 Å². The van der Waals surface area contributed by atoms with Crippen LogP contribution in [0.1, 0.15) is 30.4 Å². The second-order valence-corrected chi connectivity index (χ2v) is 7.58. The zero-order chi connectivity index (χ0) is 15.7. The van der Waals surface area contributed by atoms with Crippen LogP contribution in [0.3, 0.4) is 0 Å². The third kappa shape index (κ3) is 3.40. The molecule has 0 aromatic heterocycles. The van der Waals surface area contributed by atoms with Crippen LogP contribution in [0.4, 0.5) is 0 Å².